The predicted molar refractivity (Wildman–Crippen MR) is 82.9 cm³/mol. The Labute approximate surface area is 124 Å². The molecule has 5 heteroatoms. The van der Waals surface area contributed by atoms with Gasteiger partial charge in [0, 0.05) is 11.8 Å². The van der Waals surface area contributed by atoms with Gasteiger partial charge in [-0.3, -0.25) is 4.79 Å². The highest BCUT2D eigenvalue weighted by Gasteiger charge is 2.18. The van der Waals surface area contributed by atoms with E-state index in [1.165, 1.54) is 25.0 Å². The van der Waals surface area contributed by atoms with Crippen molar-refractivity contribution in [1.29, 1.82) is 0 Å². The standard InChI is InChI=1S/C15H22N2O2S/c16-14(9-11-4-6-12(18)7-5-11)15(19)17-10-13-3-1-2-8-20-13/h4-7,13-14,18H,1-3,8-10,16H2,(H,17,19). The molecule has 20 heavy (non-hydrogen) atoms. The average Bonchev–Trinajstić information content (AvgIpc) is 2.48. The molecule has 110 valence electrons. The van der Waals surface area contributed by atoms with E-state index in [4.69, 9.17) is 5.73 Å². The molecule has 1 aromatic rings. The molecular formula is C15H22N2O2S. The van der Waals surface area contributed by atoms with Crippen molar-refractivity contribution in [2.45, 2.75) is 37.0 Å². The van der Waals surface area contributed by atoms with Crippen LogP contribution in [-0.4, -0.2) is 34.6 Å². The lowest BCUT2D eigenvalue weighted by molar-refractivity contribution is -0.122. The van der Waals surface area contributed by atoms with Crippen LogP contribution < -0.4 is 11.1 Å². The molecule has 1 aliphatic rings. The Morgan fingerprint density at radius 1 is 1.40 bits per heavy atom. The van der Waals surface area contributed by atoms with E-state index >= 15 is 0 Å². The Hall–Kier alpha value is -1.20. The van der Waals surface area contributed by atoms with Crippen LogP contribution in [0.4, 0.5) is 0 Å². The third kappa shape index (κ3) is 4.72. The lowest BCUT2D eigenvalue weighted by Gasteiger charge is -2.22. The zero-order valence-corrected chi connectivity index (χ0v) is 12.4. The van der Waals surface area contributed by atoms with Crippen molar-refractivity contribution in [1.82, 2.24) is 5.32 Å². The first-order valence-electron chi connectivity index (χ1n) is 7.08. The minimum absolute atomic E-state index is 0.0933. The van der Waals surface area contributed by atoms with Crippen LogP contribution in [0.2, 0.25) is 0 Å². The number of nitrogens with two attached hydrogens (primary N) is 1. The molecule has 0 saturated carbocycles. The fourth-order valence-electron chi connectivity index (χ4n) is 2.29. The second-order valence-electron chi connectivity index (χ2n) is 5.21. The van der Waals surface area contributed by atoms with Gasteiger partial charge in [0.2, 0.25) is 5.91 Å². The van der Waals surface area contributed by atoms with Gasteiger partial charge >= 0.3 is 0 Å². The second-order valence-corrected chi connectivity index (χ2v) is 6.62. The van der Waals surface area contributed by atoms with Gasteiger partial charge < -0.3 is 16.2 Å². The first-order valence-corrected chi connectivity index (χ1v) is 8.13. The molecule has 2 unspecified atom stereocenters. The van der Waals surface area contributed by atoms with Gasteiger partial charge in [-0.25, -0.2) is 0 Å². The zero-order chi connectivity index (χ0) is 14.4. The number of aromatic hydroxyl groups is 1. The van der Waals surface area contributed by atoms with Gasteiger partial charge in [0.25, 0.3) is 0 Å². The molecule has 1 aromatic carbocycles. The number of phenols is 1. The summed E-state index contributed by atoms with van der Waals surface area (Å²) in [4.78, 5) is 12.0. The van der Waals surface area contributed by atoms with E-state index in [2.05, 4.69) is 5.32 Å². The first-order chi connectivity index (χ1) is 9.65. The van der Waals surface area contributed by atoms with Gasteiger partial charge in [0.1, 0.15) is 5.75 Å². The summed E-state index contributed by atoms with van der Waals surface area (Å²) in [7, 11) is 0. The van der Waals surface area contributed by atoms with Gasteiger partial charge in [0.05, 0.1) is 6.04 Å². The molecule has 2 atom stereocenters. The second kappa shape index (κ2) is 7.55. The number of nitrogens with one attached hydrogen (secondary N) is 1. The molecule has 1 aliphatic heterocycles. The van der Waals surface area contributed by atoms with E-state index < -0.39 is 6.04 Å². The Morgan fingerprint density at radius 2 is 2.15 bits per heavy atom. The topological polar surface area (TPSA) is 75.3 Å². The van der Waals surface area contributed by atoms with Crippen LogP contribution in [0.1, 0.15) is 24.8 Å². The summed E-state index contributed by atoms with van der Waals surface area (Å²) in [6, 6.07) is 6.27. The van der Waals surface area contributed by atoms with Gasteiger partial charge in [-0.2, -0.15) is 11.8 Å². The highest BCUT2D eigenvalue weighted by Crippen LogP contribution is 2.24. The lowest BCUT2D eigenvalue weighted by atomic mass is 10.1. The maximum Gasteiger partial charge on any atom is 0.237 e. The molecule has 0 spiro atoms. The Balaban J connectivity index is 1.75. The number of carbonyl (C=O) groups is 1. The lowest BCUT2D eigenvalue weighted by Crippen LogP contribution is -2.44. The van der Waals surface area contributed by atoms with Gasteiger partial charge in [-0.05, 0) is 42.7 Å². The molecule has 4 nitrogen and oxygen atoms in total. The largest absolute Gasteiger partial charge is 0.508 e. The number of carbonyl (C=O) groups excluding carboxylic acids is 1. The maximum absolute atomic E-state index is 12.0. The summed E-state index contributed by atoms with van der Waals surface area (Å²) in [5.74, 6) is 1.32. The molecule has 2 rings (SSSR count). The summed E-state index contributed by atoms with van der Waals surface area (Å²) >= 11 is 1.94. The molecule has 0 aromatic heterocycles. The van der Waals surface area contributed by atoms with Gasteiger partial charge in [0.15, 0.2) is 0 Å². The van der Waals surface area contributed by atoms with E-state index in [1.54, 1.807) is 24.3 Å². The fourth-order valence-corrected chi connectivity index (χ4v) is 3.53. The number of thioether (sulfide) groups is 1. The maximum atomic E-state index is 12.0. The third-order valence-electron chi connectivity index (χ3n) is 3.51. The van der Waals surface area contributed by atoms with Gasteiger partial charge in [-0.15, -0.1) is 0 Å². The zero-order valence-electron chi connectivity index (χ0n) is 11.5. The summed E-state index contributed by atoms with van der Waals surface area (Å²) in [5.41, 5.74) is 6.88. The van der Waals surface area contributed by atoms with Crippen molar-refractivity contribution in [3.8, 4) is 5.75 Å². The van der Waals surface area contributed by atoms with Crippen LogP contribution in [0.5, 0.6) is 5.75 Å². The first kappa shape index (κ1) is 15.2. The number of benzene rings is 1. The highest BCUT2D eigenvalue weighted by atomic mass is 32.2. The molecular weight excluding hydrogens is 272 g/mol. The highest BCUT2D eigenvalue weighted by molar-refractivity contribution is 7.99. The summed E-state index contributed by atoms with van der Waals surface area (Å²) in [6.07, 6.45) is 4.21. The van der Waals surface area contributed by atoms with Crippen molar-refractivity contribution in [3.63, 3.8) is 0 Å². The molecule has 1 fully saturated rings. The number of hydrogen-bond donors (Lipinski definition) is 3. The molecule has 0 aliphatic carbocycles. The van der Waals surface area contributed by atoms with Crippen LogP contribution in [0.25, 0.3) is 0 Å². The Bertz CT molecular complexity index is 430. The van der Waals surface area contributed by atoms with Crippen LogP contribution in [0.15, 0.2) is 24.3 Å². The predicted octanol–water partition coefficient (Wildman–Crippen LogP) is 1.66. The molecule has 4 N–H and O–H groups in total. The van der Waals surface area contributed by atoms with Crippen LogP contribution >= 0.6 is 11.8 Å². The molecule has 0 bridgehead atoms. The number of phenolic OH excluding ortho intramolecular Hbond substituents is 1. The van der Waals surface area contributed by atoms with E-state index in [-0.39, 0.29) is 11.7 Å². The van der Waals surface area contributed by atoms with Gasteiger partial charge in [-0.1, -0.05) is 18.6 Å². The number of amides is 1. The van der Waals surface area contributed by atoms with Crippen molar-refractivity contribution >= 4 is 17.7 Å². The monoisotopic (exact) mass is 294 g/mol. The van der Waals surface area contributed by atoms with Crippen LogP contribution in [0.3, 0.4) is 0 Å². The summed E-state index contributed by atoms with van der Waals surface area (Å²) in [5, 5.41) is 12.7. The molecule has 0 radical (unpaired) electrons. The van der Waals surface area contributed by atoms with Crippen molar-refractivity contribution in [3.05, 3.63) is 29.8 Å². The Morgan fingerprint density at radius 3 is 2.80 bits per heavy atom. The smallest absolute Gasteiger partial charge is 0.237 e. The summed E-state index contributed by atoms with van der Waals surface area (Å²) in [6.45, 7) is 0.715. The van der Waals surface area contributed by atoms with E-state index in [0.717, 1.165) is 5.56 Å². The quantitative estimate of drug-likeness (QED) is 0.772. The summed E-state index contributed by atoms with van der Waals surface area (Å²) < 4.78 is 0. The fraction of sp³-hybridized carbons (Fsp3) is 0.533. The third-order valence-corrected chi connectivity index (χ3v) is 4.90. The van der Waals surface area contributed by atoms with Crippen molar-refractivity contribution in [2.24, 2.45) is 5.73 Å². The average molecular weight is 294 g/mol. The van der Waals surface area contributed by atoms with Crippen LogP contribution in [0, 0.1) is 0 Å². The van der Waals surface area contributed by atoms with Crippen molar-refractivity contribution in [2.75, 3.05) is 12.3 Å². The number of rotatable bonds is 5. The van der Waals surface area contributed by atoms with Crippen LogP contribution in [-0.2, 0) is 11.2 Å². The molecule has 1 saturated heterocycles. The molecule has 1 heterocycles. The van der Waals surface area contributed by atoms with E-state index in [0.29, 0.717) is 18.2 Å². The molecule has 1 amide bonds. The van der Waals surface area contributed by atoms with E-state index in [9.17, 15) is 9.90 Å². The minimum Gasteiger partial charge on any atom is -0.508 e. The number of hydrogen-bond acceptors (Lipinski definition) is 4. The minimum atomic E-state index is -0.534. The normalized spacial score (nSPS) is 20.4. The van der Waals surface area contributed by atoms with E-state index in [1.807, 2.05) is 11.8 Å². The Kier molecular flexibility index (Phi) is 5.73. The SMILES string of the molecule is NC(Cc1ccc(O)cc1)C(=O)NCC1CCCCS1. The van der Waals surface area contributed by atoms with Crippen molar-refractivity contribution < 1.29 is 9.90 Å².